The van der Waals surface area contributed by atoms with Gasteiger partial charge in [0.15, 0.2) is 5.60 Å². The largest absolute Gasteiger partial charge is 0.475 e. The number of hydrogen-bond acceptors (Lipinski definition) is 3. The average molecular weight is 344 g/mol. The fourth-order valence-corrected chi connectivity index (χ4v) is 2.19. The van der Waals surface area contributed by atoms with Crippen LogP contribution in [0.2, 0.25) is 0 Å². The highest BCUT2D eigenvalue weighted by atomic mass is 127. The van der Waals surface area contributed by atoms with E-state index in [4.69, 9.17) is 9.84 Å². The molecule has 1 aromatic rings. The van der Waals surface area contributed by atoms with Gasteiger partial charge in [0.25, 0.3) is 0 Å². The van der Waals surface area contributed by atoms with E-state index in [1.54, 1.807) is 25.1 Å². The lowest BCUT2D eigenvalue weighted by Crippen LogP contribution is -2.30. The molecule has 0 aromatic heterocycles. The molecular formula is C12H9IO4. The summed E-state index contributed by atoms with van der Waals surface area (Å²) in [5.41, 5.74) is -0.573. The van der Waals surface area contributed by atoms with E-state index >= 15 is 0 Å². The van der Waals surface area contributed by atoms with Crippen LogP contribution in [-0.2, 0) is 19.9 Å². The van der Waals surface area contributed by atoms with Crippen LogP contribution in [0.4, 0.5) is 0 Å². The van der Waals surface area contributed by atoms with Gasteiger partial charge in [-0.05, 0) is 41.6 Å². The number of carboxylic acid groups (broad SMARTS) is 1. The molecule has 5 heteroatoms. The monoisotopic (exact) mass is 344 g/mol. The predicted molar refractivity (Wildman–Crippen MR) is 68.3 cm³/mol. The summed E-state index contributed by atoms with van der Waals surface area (Å²) in [5.74, 6) is -1.89. The standard InChI is InChI=1S/C12H9IO4/c1-12(7-3-2-4-8(13)5-7)10(14)6-9(17-12)11(15)16/h2-6H,1H3,(H,15,16). The highest BCUT2D eigenvalue weighted by Gasteiger charge is 2.43. The average Bonchev–Trinajstić information content (AvgIpc) is 2.57. The fourth-order valence-electron chi connectivity index (χ4n) is 1.65. The van der Waals surface area contributed by atoms with Crippen LogP contribution >= 0.6 is 22.6 Å². The van der Waals surface area contributed by atoms with E-state index in [1.807, 2.05) is 6.07 Å². The van der Waals surface area contributed by atoms with Gasteiger partial charge in [-0.3, -0.25) is 4.79 Å². The number of carboxylic acids is 1. The third-order valence-electron chi connectivity index (χ3n) is 2.63. The number of hydrogen-bond donors (Lipinski definition) is 1. The molecule has 1 aliphatic rings. The molecule has 1 atom stereocenters. The molecule has 1 N–H and O–H groups in total. The Balaban J connectivity index is 2.41. The van der Waals surface area contributed by atoms with Gasteiger partial charge in [0.1, 0.15) is 0 Å². The molecule has 0 fully saturated rings. The summed E-state index contributed by atoms with van der Waals surface area (Å²) in [7, 11) is 0. The maximum atomic E-state index is 11.9. The fraction of sp³-hybridized carbons (Fsp3) is 0.167. The predicted octanol–water partition coefficient (Wildman–Crippen LogP) is 2.07. The molecule has 0 amide bonds. The van der Waals surface area contributed by atoms with Gasteiger partial charge in [-0.15, -0.1) is 0 Å². The summed E-state index contributed by atoms with van der Waals surface area (Å²) in [6, 6.07) is 7.24. The minimum absolute atomic E-state index is 0.309. The van der Waals surface area contributed by atoms with E-state index in [2.05, 4.69) is 22.6 Å². The van der Waals surface area contributed by atoms with Crippen LogP contribution in [0, 0.1) is 3.57 Å². The maximum Gasteiger partial charge on any atom is 0.371 e. The Morgan fingerprint density at radius 3 is 2.71 bits per heavy atom. The van der Waals surface area contributed by atoms with Gasteiger partial charge in [0.05, 0.1) is 0 Å². The third kappa shape index (κ3) is 2.06. The van der Waals surface area contributed by atoms with Crippen molar-refractivity contribution in [2.45, 2.75) is 12.5 Å². The van der Waals surface area contributed by atoms with Gasteiger partial charge in [-0.25, -0.2) is 4.79 Å². The minimum Gasteiger partial charge on any atom is -0.475 e. The molecule has 0 spiro atoms. The molecule has 2 rings (SSSR count). The molecule has 1 heterocycles. The number of ketones is 1. The Kier molecular flexibility index (Phi) is 2.94. The number of carbonyl (C=O) groups excluding carboxylic acids is 1. The van der Waals surface area contributed by atoms with Gasteiger partial charge in [-0.2, -0.15) is 0 Å². The van der Waals surface area contributed by atoms with Crippen molar-refractivity contribution < 1.29 is 19.4 Å². The minimum atomic E-state index is -1.23. The second-order valence-electron chi connectivity index (χ2n) is 3.82. The molecule has 0 saturated carbocycles. The van der Waals surface area contributed by atoms with Crippen LogP contribution in [0.5, 0.6) is 0 Å². The SMILES string of the molecule is CC1(c2cccc(I)c2)OC(C(=O)O)=CC1=O. The Morgan fingerprint density at radius 2 is 2.18 bits per heavy atom. The Morgan fingerprint density at radius 1 is 1.47 bits per heavy atom. The third-order valence-corrected chi connectivity index (χ3v) is 3.30. The van der Waals surface area contributed by atoms with Crippen LogP contribution in [-0.4, -0.2) is 16.9 Å². The first-order chi connectivity index (χ1) is 7.93. The molecule has 0 saturated heterocycles. The van der Waals surface area contributed by atoms with Crippen LogP contribution in [0.25, 0.3) is 0 Å². The van der Waals surface area contributed by atoms with Crippen molar-refractivity contribution in [1.82, 2.24) is 0 Å². The number of halogens is 1. The maximum absolute atomic E-state index is 11.9. The first kappa shape index (κ1) is 12.1. The summed E-state index contributed by atoms with van der Waals surface area (Å²) in [6.45, 7) is 1.58. The van der Waals surface area contributed by atoms with E-state index in [1.165, 1.54) is 0 Å². The van der Waals surface area contributed by atoms with Gasteiger partial charge in [-0.1, -0.05) is 12.1 Å². The Hall–Kier alpha value is -1.37. The van der Waals surface area contributed by atoms with Crippen molar-refractivity contribution in [3.05, 3.63) is 45.2 Å². The first-order valence-electron chi connectivity index (χ1n) is 4.88. The van der Waals surface area contributed by atoms with Crippen molar-refractivity contribution in [1.29, 1.82) is 0 Å². The van der Waals surface area contributed by atoms with Crippen molar-refractivity contribution in [2.75, 3.05) is 0 Å². The number of ether oxygens (including phenoxy) is 1. The quantitative estimate of drug-likeness (QED) is 0.835. The molecule has 88 valence electrons. The van der Waals surface area contributed by atoms with Crippen LogP contribution < -0.4 is 0 Å². The molecular weight excluding hydrogens is 335 g/mol. The van der Waals surface area contributed by atoms with Gasteiger partial charge in [0.2, 0.25) is 11.5 Å². The molecule has 0 radical (unpaired) electrons. The van der Waals surface area contributed by atoms with Crippen LogP contribution in [0.3, 0.4) is 0 Å². The topological polar surface area (TPSA) is 63.6 Å². The summed E-state index contributed by atoms with van der Waals surface area (Å²) in [5, 5.41) is 8.82. The summed E-state index contributed by atoms with van der Waals surface area (Å²) in [4.78, 5) is 22.6. The normalized spacial score (nSPS) is 23.2. The Labute approximate surface area is 111 Å². The zero-order chi connectivity index (χ0) is 12.6. The number of rotatable bonds is 2. The number of aliphatic carboxylic acids is 1. The van der Waals surface area contributed by atoms with E-state index in [0.29, 0.717) is 5.56 Å². The molecule has 4 nitrogen and oxygen atoms in total. The molecule has 1 unspecified atom stereocenters. The molecule has 1 aromatic carbocycles. The lowest BCUT2D eigenvalue weighted by atomic mass is 9.92. The highest BCUT2D eigenvalue weighted by Crippen LogP contribution is 2.35. The zero-order valence-electron chi connectivity index (χ0n) is 8.94. The summed E-state index contributed by atoms with van der Waals surface area (Å²) in [6.07, 6.45) is 1.03. The van der Waals surface area contributed by atoms with Gasteiger partial charge < -0.3 is 9.84 Å². The van der Waals surface area contributed by atoms with Crippen molar-refractivity contribution >= 4 is 34.3 Å². The Bertz CT molecular complexity index is 535. The molecule has 17 heavy (non-hydrogen) atoms. The van der Waals surface area contributed by atoms with Gasteiger partial charge >= 0.3 is 5.97 Å². The van der Waals surface area contributed by atoms with Gasteiger partial charge in [0, 0.05) is 15.2 Å². The van der Waals surface area contributed by atoms with Crippen LogP contribution in [0.1, 0.15) is 12.5 Å². The molecule has 1 aliphatic heterocycles. The lowest BCUT2D eigenvalue weighted by molar-refractivity contribution is -0.141. The molecule has 0 bridgehead atoms. The zero-order valence-corrected chi connectivity index (χ0v) is 11.1. The number of benzene rings is 1. The van der Waals surface area contributed by atoms with Crippen LogP contribution in [0.15, 0.2) is 36.1 Å². The van der Waals surface area contributed by atoms with E-state index in [-0.39, 0.29) is 11.5 Å². The number of carbonyl (C=O) groups is 2. The van der Waals surface area contributed by atoms with E-state index in [0.717, 1.165) is 9.65 Å². The van der Waals surface area contributed by atoms with Crippen molar-refractivity contribution in [2.24, 2.45) is 0 Å². The van der Waals surface area contributed by atoms with Crippen molar-refractivity contribution in [3.63, 3.8) is 0 Å². The molecule has 0 aliphatic carbocycles. The van der Waals surface area contributed by atoms with Crippen molar-refractivity contribution in [3.8, 4) is 0 Å². The summed E-state index contributed by atoms with van der Waals surface area (Å²) < 4.78 is 6.23. The lowest BCUT2D eigenvalue weighted by Gasteiger charge is -2.23. The van der Waals surface area contributed by atoms with E-state index in [9.17, 15) is 9.59 Å². The second-order valence-corrected chi connectivity index (χ2v) is 5.07. The highest BCUT2D eigenvalue weighted by molar-refractivity contribution is 14.1. The summed E-state index contributed by atoms with van der Waals surface area (Å²) >= 11 is 2.12. The second kappa shape index (κ2) is 4.14. The van der Waals surface area contributed by atoms with E-state index < -0.39 is 11.6 Å². The first-order valence-corrected chi connectivity index (χ1v) is 5.96. The smallest absolute Gasteiger partial charge is 0.371 e.